The van der Waals surface area contributed by atoms with Gasteiger partial charge in [0, 0.05) is 18.2 Å². The zero-order chi connectivity index (χ0) is 19.1. The Labute approximate surface area is 160 Å². The van der Waals surface area contributed by atoms with Crippen LogP contribution in [-0.2, 0) is 13.7 Å². The molecule has 0 aliphatic heterocycles. The molecule has 1 saturated carbocycles. The summed E-state index contributed by atoms with van der Waals surface area (Å²) in [5.74, 6) is 2.52. The number of aromatic hydroxyl groups is 1. The molecule has 28 heavy (non-hydrogen) atoms. The van der Waals surface area contributed by atoms with Gasteiger partial charge in [-0.05, 0) is 49.1 Å². The molecule has 9 nitrogen and oxygen atoms in total. The van der Waals surface area contributed by atoms with Gasteiger partial charge in [0.15, 0.2) is 17.3 Å². The molecular formula is C19H19N7O2. The monoisotopic (exact) mass is 377 g/mol. The number of phenolic OH excluding ortho intramolecular Hbond substituents is 1. The molecule has 0 atom stereocenters. The van der Waals surface area contributed by atoms with Crippen LogP contribution in [-0.4, -0.2) is 39.7 Å². The van der Waals surface area contributed by atoms with Gasteiger partial charge in [-0.25, -0.2) is 4.98 Å². The first-order valence-electron chi connectivity index (χ1n) is 9.20. The van der Waals surface area contributed by atoms with Crippen LogP contribution < -0.4 is 4.74 Å². The highest BCUT2D eigenvalue weighted by Crippen LogP contribution is 2.40. The minimum atomic E-state index is 0.200. The standard InChI is InChI=1S/C19H19N7O2/c1-25-17(20-11-21-25)10-28-19-15(12-3-2-4-12)9-16-22-23-18(26(16)24-19)13-5-7-14(27)8-6-13/h5-9,11-12,27H,2-4,10H2,1H3. The minimum absolute atomic E-state index is 0.200. The third kappa shape index (κ3) is 2.84. The van der Waals surface area contributed by atoms with E-state index in [2.05, 4.69) is 20.3 Å². The molecule has 5 rings (SSSR count). The van der Waals surface area contributed by atoms with Crippen molar-refractivity contribution < 1.29 is 9.84 Å². The Morgan fingerprint density at radius 2 is 2.00 bits per heavy atom. The van der Waals surface area contributed by atoms with E-state index in [4.69, 9.17) is 9.84 Å². The third-order valence-electron chi connectivity index (χ3n) is 5.20. The molecule has 1 aliphatic rings. The Hall–Kier alpha value is -3.49. The Morgan fingerprint density at radius 1 is 1.18 bits per heavy atom. The van der Waals surface area contributed by atoms with Crippen molar-refractivity contribution in [3.05, 3.63) is 48.0 Å². The quantitative estimate of drug-likeness (QED) is 0.570. The highest BCUT2D eigenvalue weighted by Gasteiger charge is 2.26. The number of fused-ring (bicyclic) bond motifs is 1. The maximum atomic E-state index is 9.53. The number of hydrogen-bond donors (Lipinski definition) is 1. The number of aryl methyl sites for hydroxylation is 1. The summed E-state index contributed by atoms with van der Waals surface area (Å²) in [6.45, 7) is 0.283. The van der Waals surface area contributed by atoms with Crippen LogP contribution in [0.15, 0.2) is 36.7 Å². The molecule has 4 aromatic rings. The Bertz CT molecular complexity index is 1130. The normalized spacial score (nSPS) is 14.3. The van der Waals surface area contributed by atoms with Gasteiger partial charge >= 0.3 is 0 Å². The van der Waals surface area contributed by atoms with Crippen LogP contribution in [0, 0.1) is 0 Å². The first-order chi connectivity index (χ1) is 13.7. The van der Waals surface area contributed by atoms with Crippen molar-refractivity contribution in [2.75, 3.05) is 0 Å². The number of hydrogen-bond acceptors (Lipinski definition) is 7. The summed E-state index contributed by atoms with van der Waals surface area (Å²) in [5.41, 5.74) is 2.55. The lowest BCUT2D eigenvalue weighted by atomic mass is 9.80. The molecular weight excluding hydrogens is 358 g/mol. The van der Waals surface area contributed by atoms with E-state index in [0.29, 0.717) is 23.3 Å². The van der Waals surface area contributed by atoms with E-state index in [9.17, 15) is 5.11 Å². The SMILES string of the molecule is Cn1ncnc1COc1nn2c(-c3ccc(O)cc3)nnc2cc1C1CCC1. The maximum Gasteiger partial charge on any atom is 0.235 e. The summed E-state index contributed by atoms with van der Waals surface area (Å²) in [7, 11) is 1.83. The van der Waals surface area contributed by atoms with Gasteiger partial charge in [-0.1, -0.05) is 6.42 Å². The number of benzene rings is 1. The van der Waals surface area contributed by atoms with Crippen LogP contribution >= 0.6 is 0 Å². The third-order valence-corrected chi connectivity index (χ3v) is 5.20. The van der Waals surface area contributed by atoms with Crippen LogP contribution in [0.25, 0.3) is 17.0 Å². The van der Waals surface area contributed by atoms with E-state index in [-0.39, 0.29) is 12.4 Å². The largest absolute Gasteiger partial charge is 0.508 e. The second kappa shape index (κ2) is 6.59. The molecule has 0 radical (unpaired) electrons. The van der Waals surface area contributed by atoms with Crippen LogP contribution in [0.4, 0.5) is 0 Å². The number of nitrogens with zero attached hydrogens (tertiary/aromatic N) is 7. The molecule has 3 heterocycles. The smallest absolute Gasteiger partial charge is 0.235 e. The van der Waals surface area contributed by atoms with Crippen molar-refractivity contribution >= 4 is 5.65 Å². The van der Waals surface area contributed by atoms with Crippen molar-refractivity contribution in [3.63, 3.8) is 0 Å². The van der Waals surface area contributed by atoms with Crippen LogP contribution in [0.2, 0.25) is 0 Å². The van der Waals surface area contributed by atoms with Gasteiger partial charge in [0.2, 0.25) is 5.88 Å². The lowest BCUT2D eigenvalue weighted by Crippen LogP contribution is -2.14. The van der Waals surface area contributed by atoms with Crippen molar-refractivity contribution in [2.24, 2.45) is 7.05 Å². The topological polar surface area (TPSA) is 103 Å². The van der Waals surface area contributed by atoms with Gasteiger partial charge < -0.3 is 9.84 Å². The summed E-state index contributed by atoms with van der Waals surface area (Å²) in [6, 6.07) is 8.82. The van der Waals surface area contributed by atoms with Crippen molar-refractivity contribution in [1.82, 2.24) is 34.6 Å². The minimum Gasteiger partial charge on any atom is -0.508 e. The van der Waals surface area contributed by atoms with Gasteiger partial charge in [-0.15, -0.1) is 15.3 Å². The summed E-state index contributed by atoms with van der Waals surface area (Å²) < 4.78 is 9.42. The fourth-order valence-electron chi connectivity index (χ4n) is 3.33. The van der Waals surface area contributed by atoms with Crippen molar-refractivity contribution in [2.45, 2.75) is 31.8 Å². The predicted octanol–water partition coefficient (Wildman–Crippen LogP) is 2.47. The fourth-order valence-corrected chi connectivity index (χ4v) is 3.33. The molecule has 0 amide bonds. The van der Waals surface area contributed by atoms with Crippen LogP contribution in [0.5, 0.6) is 11.6 Å². The summed E-state index contributed by atoms with van der Waals surface area (Å²) >= 11 is 0. The molecule has 1 aliphatic carbocycles. The average Bonchev–Trinajstić information content (AvgIpc) is 3.25. The Balaban J connectivity index is 1.56. The van der Waals surface area contributed by atoms with Crippen molar-refractivity contribution in [3.8, 4) is 23.0 Å². The van der Waals surface area contributed by atoms with E-state index in [0.717, 1.165) is 29.8 Å². The number of ether oxygens (including phenoxy) is 1. The zero-order valence-corrected chi connectivity index (χ0v) is 15.4. The van der Waals surface area contributed by atoms with Gasteiger partial charge in [0.05, 0.1) is 0 Å². The summed E-state index contributed by atoms with van der Waals surface area (Å²) in [6.07, 6.45) is 4.96. The maximum absolute atomic E-state index is 9.53. The van der Waals surface area contributed by atoms with E-state index in [1.165, 1.54) is 12.7 Å². The Morgan fingerprint density at radius 3 is 2.68 bits per heavy atom. The van der Waals surface area contributed by atoms with E-state index >= 15 is 0 Å². The van der Waals surface area contributed by atoms with Crippen LogP contribution in [0.3, 0.4) is 0 Å². The highest BCUT2D eigenvalue weighted by molar-refractivity contribution is 5.60. The Kier molecular flexibility index (Phi) is 3.92. The fraction of sp³-hybridized carbons (Fsp3) is 0.316. The van der Waals surface area contributed by atoms with Gasteiger partial charge in [0.1, 0.15) is 18.7 Å². The molecule has 1 aromatic carbocycles. The number of aromatic nitrogens is 7. The first kappa shape index (κ1) is 16.7. The highest BCUT2D eigenvalue weighted by atomic mass is 16.5. The average molecular weight is 377 g/mol. The zero-order valence-electron chi connectivity index (χ0n) is 15.4. The predicted molar refractivity (Wildman–Crippen MR) is 99.8 cm³/mol. The van der Waals surface area contributed by atoms with Gasteiger partial charge in [0.25, 0.3) is 0 Å². The molecule has 9 heteroatoms. The molecule has 0 bridgehead atoms. The van der Waals surface area contributed by atoms with Gasteiger partial charge in [-0.2, -0.15) is 9.61 Å². The second-order valence-corrected chi connectivity index (χ2v) is 6.96. The van der Waals surface area contributed by atoms with Gasteiger partial charge in [-0.3, -0.25) is 4.68 Å². The molecule has 0 spiro atoms. The van der Waals surface area contributed by atoms with E-state index in [1.54, 1.807) is 33.5 Å². The van der Waals surface area contributed by atoms with E-state index in [1.807, 2.05) is 13.1 Å². The lowest BCUT2D eigenvalue weighted by molar-refractivity contribution is 0.264. The molecule has 1 fully saturated rings. The molecule has 142 valence electrons. The van der Waals surface area contributed by atoms with Crippen LogP contribution in [0.1, 0.15) is 36.6 Å². The molecule has 3 aromatic heterocycles. The summed E-state index contributed by atoms with van der Waals surface area (Å²) in [4.78, 5) is 4.21. The van der Waals surface area contributed by atoms with E-state index < -0.39 is 0 Å². The first-order valence-corrected chi connectivity index (χ1v) is 9.20. The molecule has 0 saturated heterocycles. The molecule has 1 N–H and O–H groups in total. The number of rotatable bonds is 5. The number of phenols is 1. The van der Waals surface area contributed by atoms with Crippen molar-refractivity contribution in [1.29, 1.82) is 0 Å². The lowest BCUT2D eigenvalue weighted by Gasteiger charge is -2.26. The molecule has 0 unspecified atom stereocenters. The summed E-state index contributed by atoms with van der Waals surface area (Å²) in [5, 5.41) is 26.9. The second-order valence-electron chi connectivity index (χ2n) is 6.96.